The van der Waals surface area contributed by atoms with Crippen LogP contribution in [0.1, 0.15) is 24.4 Å². The molecular formula is C16H18ClFN4O2. The summed E-state index contributed by atoms with van der Waals surface area (Å²) in [7, 11) is 1.52. The van der Waals surface area contributed by atoms with Crippen molar-refractivity contribution in [3.05, 3.63) is 35.9 Å². The Morgan fingerprint density at radius 3 is 3.12 bits per heavy atom. The van der Waals surface area contributed by atoms with Crippen LogP contribution >= 0.6 is 11.6 Å². The first-order chi connectivity index (χ1) is 11.6. The number of aromatic nitrogens is 3. The topological polar surface area (TPSA) is 60.2 Å². The van der Waals surface area contributed by atoms with E-state index in [-0.39, 0.29) is 24.2 Å². The van der Waals surface area contributed by atoms with E-state index in [0.29, 0.717) is 11.4 Å². The van der Waals surface area contributed by atoms with Crippen LogP contribution in [0.2, 0.25) is 0 Å². The van der Waals surface area contributed by atoms with Gasteiger partial charge in [-0.1, -0.05) is 0 Å². The Balaban J connectivity index is 1.94. The maximum Gasteiger partial charge on any atom is 0.218 e. The molecule has 1 atom stereocenters. The van der Waals surface area contributed by atoms with Crippen LogP contribution in [0, 0.1) is 5.82 Å². The highest BCUT2D eigenvalue weighted by atomic mass is 35.5. The van der Waals surface area contributed by atoms with Crippen LogP contribution in [-0.2, 0) is 11.3 Å². The van der Waals surface area contributed by atoms with Crippen molar-refractivity contribution in [1.82, 2.24) is 14.8 Å². The lowest BCUT2D eigenvalue weighted by Crippen LogP contribution is -2.27. The molecule has 0 bridgehead atoms. The van der Waals surface area contributed by atoms with Gasteiger partial charge in [0.15, 0.2) is 5.78 Å². The smallest absolute Gasteiger partial charge is 0.218 e. The molecule has 0 amide bonds. The number of halogens is 2. The van der Waals surface area contributed by atoms with Crippen LogP contribution in [0.3, 0.4) is 0 Å². The van der Waals surface area contributed by atoms with Gasteiger partial charge in [0.05, 0.1) is 31.4 Å². The van der Waals surface area contributed by atoms with Crippen LogP contribution in [0.5, 0.6) is 5.88 Å². The molecule has 1 saturated heterocycles. The second-order valence-corrected chi connectivity index (χ2v) is 5.89. The number of ether oxygens (including phenoxy) is 1. The molecule has 0 unspecified atom stereocenters. The van der Waals surface area contributed by atoms with Gasteiger partial charge < -0.3 is 9.64 Å². The Morgan fingerprint density at radius 2 is 2.38 bits per heavy atom. The van der Waals surface area contributed by atoms with Crippen molar-refractivity contribution in [2.24, 2.45) is 0 Å². The summed E-state index contributed by atoms with van der Waals surface area (Å²) < 4.78 is 20.6. The van der Waals surface area contributed by atoms with Gasteiger partial charge in [-0.25, -0.2) is 14.1 Å². The van der Waals surface area contributed by atoms with E-state index >= 15 is 0 Å². The molecule has 1 fully saturated rings. The number of Topliss-reactive ketones (excluding diaryl/α,β-unsaturated/α-hetero) is 1. The summed E-state index contributed by atoms with van der Waals surface area (Å²) in [6, 6.07) is 3.23. The third-order valence-corrected chi connectivity index (χ3v) is 4.41. The van der Waals surface area contributed by atoms with Gasteiger partial charge in [0.25, 0.3) is 0 Å². The fourth-order valence-electron chi connectivity index (χ4n) is 3.12. The minimum absolute atomic E-state index is 0.0512. The molecule has 6 nitrogen and oxygen atoms in total. The molecule has 2 aromatic rings. The van der Waals surface area contributed by atoms with E-state index in [4.69, 9.17) is 16.3 Å². The minimum Gasteiger partial charge on any atom is -0.481 e. The molecule has 0 N–H and O–H groups in total. The van der Waals surface area contributed by atoms with Gasteiger partial charge in [0.1, 0.15) is 18.2 Å². The highest BCUT2D eigenvalue weighted by Gasteiger charge is 2.31. The van der Waals surface area contributed by atoms with Gasteiger partial charge in [-0.3, -0.25) is 4.79 Å². The van der Waals surface area contributed by atoms with Crippen molar-refractivity contribution in [2.45, 2.75) is 25.4 Å². The monoisotopic (exact) mass is 352 g/mol. The maximum atomic E-state index is 13.7. The van der Waals surface area contributed by atoms with E-state index < -0.39 is 5.82 Å². The van der Waals surface area contributed by atoms with Gasteiger partial charge in [-0.15, -0.1) is 11.6 Å². The number of ketones is 1. The molecule has 128 valence electrons. The number of alkyl halides is 1. The second kappa shape index (κ2) is 7.17. The summed E-state index contributed by atoms with van der Waals surface area (Å²) in [6.07, 6.45) is 4.58. The van der Waals surface area contributed by atoms with Crippen LogP contribution < -0.4 is 9.64 Å². The highest BCUT2D eigenvalue weighted by Crippen LogP contribution is 2.39. The quantitative estimate of drug-likeness (QED) is 0.748. The Hall–Kier alpha value is -2.15. The van der Waals surface area contributed by atoms with Gasteiger partial charge in [-0.05, 0) is 18.9 Å². The third-order valence-electron chi connectivity index (χ3n) is 4.11. The Morgan fingerprint density at radius 1 is 1.54 bits per heavy atom. The molecule has 0 aliphatic carbocycles. The molecule has 24 heavy (non-hydrogen) atoms. The molecule has 1 aliphatic rings. The number of hydrogen-bond acceptors (Lipinski definition) is 5. The van der Waals surface area contributed by atoms with Crippen molar-refractivity contribution >= 4 is 23.2 Å². The number of anilines is 1. The molecule has 0 saturated carbocycles. The number of pyridine rings is 1. The van der Waals surface area contributed by atoms with E-state index in [1.165, 1.54) is 13.2 Å². The van der Waals surface area contributed by atoms with Crippen molar-refractivity contribution < 1.29 is 13.9 Å². The van der Waals surface area contributed by atoms with Crippen molar-refractivity contribution in [1.29, 1.82) is 0 Å². The average molecular weight is 353 g/mol. The van der Waals surface area contributed by atoms with E-state index in [2.05, 4.69) is 15.0 Å². The standard InChI is InChI=1S/C16H18ClFN4O2/c1-24-16-13(7-11(18)9-19-16)14-3-2-6-21(14)15-4-5-20-22(15)10-12(23)8-17/h4-5,7,9,14H,2-3,6,8,10H2,1H3/t14-/m1/s1. The summed E-state index contributed by atoms with van der Waals surface area (Å²) >= 11 is 5.59. The molecule has 0 aromatic carbocycles. The molecule has 0 radical (unpaired) electrons. The average Bonchev–Trinajstić information content (AvgIpc) is 3.23. The molecule has 8 heteroatoms. The summed E-state index contributed by atoms with van der Waals surface area (Å²) in [6.45, 7) is 0.901. The maximum absolute atomic E-state index is 13.7. The van der Waals surface area contributed by atoms with Crippen molar-refractivity contribution in [2.75, 3.05) is 24.4 Å². The van der Waals surface area contributed by atoms with Crippen molar-refractivity contribution in [3.63, 3.8) is 0 Å². The van der Waals surface area contributed by atoms with Crippen LogP contribution in [0.4, 0.5) is 10.2 Å². The van der Waals surface area contributed by atoms with Gasteiger partial charge >= 0.3 is 0 Å². The Kier molecular flexibility index (Phi) is 4.99. The second-order valence-electron chi connectivity index (χ2n) is 5.62. The fourth-order valence-corrected chi connectivity index (χ4v) is 3.20. The molecular weight excluding hydrogens is 335 g/mol. The first kappa shape index (κ1) is 16.7. The minimum atomic E-state index is -0.400. The van der Waals surface area contributed by atoms with Gasteiger partial charge in [0.2, 0.25) is 5.88 Å². The number of nitrogens with zero attached hydrogens (tertiary/aromatic N) is 4. The SMILES string of the molecule is COc1ncc(F)cc1[C@H]1CCCN1c1ccnn1CC(=O)CCl. The number of hydrogen-bond donors (Lipinski definition) is 0. The van der Waals surface area contributed by atoms with Gasteiger partial charge in [0, 0.05) is 18.2 Å². The molecule has 2 aromatic heterocycles. The lowest BCUT2D eigenvalue weighted by Gasteiger charge is -2.28. The van der Waals surface area contributed by atoms with E-state index in [0.717, 1.165) is 31.4 Å². The fraction of sp³-hybridized carbons (Fsp3) is 0.438. The molecule has 1 aliphatic heterocycles. The van der Waals surface area contributed by atoms with Crippen molar-refractivity contribution in [3.8, 4) is 5.88 Å². The highest BCUT2D eigenvalue weighted by molar-refractivity contribution is 6.27. The molecule has 3 heterocycles. The summed E-state index contributed by atoms with van der Waals surface area (Å²) in [5, 5.41) is 4.21. The predicted octanol–water partition coefficient (Wildman–Crippen LogP) is 2.58. The molecule has 3 rings (SSSR count). The zero-order valence-corrected chi connectivity index (χ0v) is 14.0. The van der Waals surface area contributed by atoms with Crippen LogP contribution in [0.15, 0.2) is 24.5 Å². The zero-order chi connectivity index (χ0) is 17.1. The summed E-state index contributed by atoms with van der Waals surface area (Å²) in [5.74, 6) is 0.661. The normalized spacial score (nSPS) is 17.3. The molecule has 0 spiro atoms. The Bertz CT molecular complexity index is 737. The zero-order valence-electron chi connectivity index (χ0n) is 13.3. The van der Waals surface area contributed by atoms with E-state index in [1.807, 2.05) is 6.07 Å². The van der Waals surface area contributed by atoms with Gasteiger partial charge in [-0.2, -0.15) is 5.10 Å². The number of rotatable bonds is 6. The number of methoxy groups -OCH3 is 1. The third kappa shape index (κ3) is 3.21. The lowest BCUT2D eigenvalue weighted by molar-refractivity contribution is -0.117. The van der Waals surface area contributed by atoms with Crippen LogP contribution in [0.25, 0.3) is 0 Å². The summed E-state index contributed by atoms with van der Waals surface area (Å²) in [4.78, 5) is 17.8. The lowest BCUT2D eigenvalue weighted by atomic mass is 10.1. The predicted molar refractivity (Wildman–Crippen MR) is 88.0 cm³/mol. The van der Waals surface area contributed by atoms with E-state index in [9.17, 15) is 9.18 Å². The number of carbonyl (C=O) groups excluding carboxylic acids is 1. The summed E-state index contributed by atoms with van der Waals surface area (Å²) in [5.41, 5.74) is 0.700. The first-order valence-corrected chi connectivity index (χ1v) is 8.23. The first-order valence-electron chi connectivity index (χ1n) is 7.69. The Labute approximate surface area is 144 Å². The van der Waals surface area contributed by atoms with Crippen LogP contribution in [-0.4, -0.2) is 40.1 Å². The number of carbonyl (C=O) groups is 1. The largest absolute Gasteiger partial charge is 0.481 e. The van der Waals surface area contributed by atoms with E-state index in [1.54, 1.807) is 10.9 Å².